The number of phenols is 2. The van der Waals surface area contributed by atoms with Gasteiger partial charge in [-0.2, -0.15) is 5.10 Å². The normalized spacial score (nSPS) is 10.6. The van der Waals surface area contributed by atoms with E-state index in [2.05, 4.69) is 5.10 Å². The average molecular weight is 249 g/mol. The average Bonchev–Trinajstić information content (AvgIpc) is 2.57. The Balaban J connectivity index is 2.69. The fourth-order valence-corrected chi connectivity index (χ4v) is 1.81. The Morgan fingerprint density at radius 2 is 2.00 bits per heavy atom. The number of nitro groups is 1. The predicted molar refractivity (Wildman–Crippen MR) is 63.0 cm³/mol. The van der Waals surface area contributed by atoms with Gasteiger partial charge in [0, 0.05) is 6.07 Å². The molecular weight excluding hydrogens is 238 g/mol. The number of benzene rings is 1. The molecule has 2 aromatic rings. The Hall–Kier alpha value is -2.57. The minimum Gasteiger partial charge on any atom is -0.508 e. The molecule has 1 heterocycles. The Kier molecular flexibility index (Phi) is 2.66. The van der Waals surface area contributed by atoms with Crippen LogP contribution in [-0.2, 0) is 0 Å². The first-order valence-electron chi connectivity index (χ1n) is 5.14. The number of rotatable bonds is 2. The predicted octanol–water partition coefficient (Wildman–Crippen LogP) is 1.81. The molecule has 0 unspecified atom stereocenters. The van der Waals surface area contributed by atoms with Crippen LogP contribution in [0.4, 0.5) is 5.69 Å². The lowest BCUT2D eigenvalue weighted by atomic mass is 10.2. The second kappa shape index (κ2) is 4.02. The van der Waals surface area contributed by atoms with Crippen molar-refractivity contribution in [2.45, 2.75) is 13.8 Å². The van der Waals surface area contributed by atoms with Crippen LogP contribution in [0.2, 0.25) is 0 Å². The van der Waals surface area contributed by atoms with Gasteiger partial charge in [-0.15, -0.1) is 0 Å². The zero-order valence-corrected chi connectivity index (χ0v) is 9.78. The van der Waals surface area contributed by atoms with E-state index in [0.29, 0.717) is 5.69 Å². The first-order valence-corrected chi connectivity index (χ1v) is 5.14. The summed E-state index contributed by atoms with van der Waals surface area (Å²) in [5.41, 5.74) is 0.639. The van der Waals surface area contributed by atoms with Crippen molar-refractivity contribution < 1.29 is 15.1 Å². The van der Waals surface area contributed by atoms with Crippen LogP contribution >= 0.6 is 0 Å². The summed E-state index contributed by atoms with van der Waals surface area (Å²) in [6, 6.07) is 3.91. The lowest BCUT2D eigenvalue weighted by molar-refractivity contribution is -0.386. The van der Waals surface area contributed by atoms with E-state index in [0.717, 1.165) is 0 Å². The summed E-state index contributed by atoms with van der Waals surface area (Å²) in [5, 5.41) is 34.0. The van der Waals surface area contributed by atoms with Crippen LogP contribution in [-0.4, -0.2) is 24.9 Å². The summed E-state index contributed by atoms with van der Waals surface area (Å²) in [6.07, 6.45) is 0. The van der Waals surface area contributed by atoms with E-state index >= 15 is 0 Å². The van der Waals surface area contributed by atoms with Gasteiger partial charge in [-0.3, -0.25) is 10.1 Å². The number of aryl methyl sites for hydroxylation is 1. The molecule has 0 spiro atoms. The van der Waals surface area contributed by atoms with E-state index in [4.69, 9.17) is 0 Å². The summed E-state index contributed by atoms with van der Waals surface area (Å²) in [4.78, 5) is 10.4. The first-order chi connectivity index (χ1) is 8.41. The van der Waals surface area contributed by atoms with Crippen molar-refractivity contribution in [1.82, 2.24) is 9.78 Å². The van der Waals surface area contributed by atoms with E-state index in [-0.39, 0.29) is 28.6 Å². The van der Waals surface area contributed by atoms with Crippen LogP contribution in [0.3, 0.4) is 0 Å². The molecule has 0 aliphatic heterocycles. The lowest BCUT2D eigenvalue weighted by Crippen LogP contribution is -2.00. The van der Waals surface area contributed by atoms with Gasteiger partial charge < -0.3 is 10.2 Å². The number of aromatic hydroxyl groups is 2. The molecule has 0 saturated carbocycles. The molecule has 94 valence electrons. The van der Waals surface area contributed by atoms with Crippen molar-refractivity contribution >= 4 is 5.69 Å². The lowest BCUT2D eigenvalue weighted by Gasteiger charge is -2.06. The maximum atomic E-state index is 10.9. The van der Waals surface area contributed by atoms with Crippen molar-refractivity contribution in [2.75, 3.05) is 0 Å². The van der Waals surface area contributed by atoms with Crippen LogP contribution in [0, 0.1) is 24.0 Å². The van der Waals surface area contributed by atoms with Gasteiger partial charge in [0.2, 0.25) is 0 Å². The summed E-state index contributed by atoms with van der Waals surface area (Å²) >= 11 is 0. The second-order valence-corrected chi connectivity index (χ2v) is 3.86. The van der Waals surface area contributed by atoms with Crippen LogP contribution in [0.25, 0.3) is 5.69 Å². The van der Waals surface area contributed by atoms with E-state index in [9.17, 15) is 20.3 Å². The maximum Gasteiger partial charge on any atom is 0.313 e. The zero-order chi connectivity index (χ0) is 13.4. The number of hydrogen-bond acceptors (Lipinski definition) is 5. The molecule has 18 heavy (non-hydrogen) atoms. The SMILES string of the molecule is Cc1nn(-c2cc(O)ccc2O)c(C)c1[N+](=O)[O-]. The molecule has 0 atom stereocenters. The van der Waals surface area contributed by atoms with Crippen molar-refractivity contribution in [3.05, 3.63) is 39.7 Å². The molecule has 7 heteroatoms. The van der Waals surface area contributed by atoms with Crippen LogP contribution in [0.15, 0.2) is 18.2 Å². The van der Waals surface area contributed by atoms with E-state index in [1.54, 1.807) is 0 Å². The second-order valence-electron chi connectivity index (χ2n) is 3.86. The number of aromatic nitrogens is 2. The Morgan fingerprint density at radius 1 is 1.33 bits per heavy atom. The molecule has 0 aliphatic rings. The molecule has 1 aromatic carbocycles. The van der Waals surface area contributed by atoms with Gasteiger partial charge in [0.25, 0.3) is 0 Å². The molecule has 0 saturated heterocycles. The minimum absolute atomic E-state index is 0.0574. The van der Waals surface area contributed by atoms with Gasteiger partial charge >= 0.3 is 5.69 Å². The molecule has 7 nitrogen and oxygen atoms in total. The summed E-state index contributed by atoms with van der Waals surface area (Å²) in [6.45, 7) is 3.04. The van der Waals surface area contributed by atoms with Crippen LogP contribution < -0.4 is 0 Å². The number of phenolic OH excluding ortho intramolecular Hbond substituents is 2. The maximum absolute atomic E-state index is 10.9. The summed E-state index contributed by atoms with van der Waals surface area (Å²) in [5.74, 6) is -0.175. The van der Waals surface area contributed by atoms with Gasteiger partial charge in [-0.05, 0) is 26.0 Å². The highest BCUT2D eigenvalue weighted by atomic mass is 16.6. The largest absolute Gasteiger partial charge is 0.508 e. The van der Waals surface area contributed by atoms with Gasteiger partial charge in [0.15, 0.2) is 0 Å². The highest BCUT2D eigenvalue weighted by molar-refractivity contribution is 5.53. The van der Waals surface area contributed by atoms with Crippen LogP contribution in [0.5, 0.6) is 11.5 Å². The number of hydrogen-bond donors (Lipinski definition) is 2. The molecule has 0 fully saturated rings. The Labute approximate surface area is 102 Å². The van der Waals surface area contributed by atoms with Crippen molar-refractivity contribution in [3.8, 4) is 17.2 Å². The monoisotopic (exact) mass is 249 g/mol. The van der Waals surface area contributed by atoms with Crippen molar-refractivity contribution in [1.29, 1.82) is 0 Å². The minimum atomic E-state index is -0.520. The fourth-order valence-electron chi connectivity index (χ4n) is 1.81. The third-order valence-corrected chi connectivity index (χ3v) is 2.62. The molecule has 0 aliphatic carbocycles. The van der Waals surface area contributed by atoms with Crippen LogP contribution in [0.1, 0.15) is 11.4 Å². The van der Waals surface area contributed by atoms with E-state index in [1.165, 1.54) is 36.7 Å². The van der Waals surface area contributed by atoms with Crippen molar-refractivity contribution in [3.63, 3.8) is 0 Å². The van der Waals surface area contributed by atoms with Gasteiger partial charge in [0.1, 0.15) is 28.6 Å². The fraction of sp³-hybridized carbons (Fsp3) is 0.182. The van der Waals surface area contributed by atoms with Crippen molar-refractivity contribution in [2.24, 2.45) is 0 Å². The summed E-state index contributed by atoms with van der Waals surface area (Å²) in [7, 11) is 0. The molecule has 0 amide bonds. The summed E-state index contributed by atoms with van der Waals surface area (Å²) < 4.78 is 1.24. The van der Waals surface area contributed by atoms with Gasteiger partial charge in [-0.25, -0.2) is 4.68 Å². The molecule has 2 N–H and O–H groups in total. The van der Waals surface area contributed by atoms with Gasteiger partial charge in [-0.1, -0.05) is 0 Å². The first kappa shape index (κ1) is 11.9. The zero-order valence-electron chi connectivity index (χ0n) is 9.78. The smallest absolute Gasteiger partial charge is 0.313 e. The quantitative estimate of drug-likeness (QED) is 0.480. The molecule has 1 aromatic heterocycles. The Bertz CT molecular complexity index is 633. The molecular formula is C11H11N3O4. The third-order valence-electron chi connectivity index (χ3n) is 2.62. The topological polar surface area (TPSA) is 101 Å². The Morgan fingerprint density at radius 3 is 2.56 bits per heavy atom. The standard InChI is InChI=1S/C11H11N3O4/c1-6-11(14(17)18)7(2)13(12-6)9-5-8(15)3-4-10(9)16/h3-5,15-16H,1-2H3. The highest BCUT2D eigenvalue weighted by Gasteiger charge is 2.23. The number of nitrogens with zero attached hydrogens (tertiary/aromatic N) is 3. The van der Waals surface area contributed by atoms with E-state index in [1.807, 2.05) is 0 Å². The highest BCUT2D eigenvalue weighted by Crippen LogP contribution is 2.30. The third kappa shape index (κ3) is 1.75. The molecule has 0 radical (unpaired) electrons. The van der Waals surface area contributed by atoms with Gasteiger partial charge in [0.05, 0.1) is 4.92 Å². The molecule has 2 rings (SSSR count). The van der Waals surface area contributed by atoms with E-state index < -0.39 is 4.92 Å². The molecule has 0 bridgehead atoms.